The van der Waals surface area contributed by atoms with Crippen molar-refractivity contribution in [3.8, 4) is 30.3 Å². The fourth-order valence-electron chi connectivity index (χ4n) is 0.522. The summed E-state index contributed by atoms with van der Waals surface area (Å²) in [5.74, 6) is 0. The minimum absolute atomic E-state index is 0.0880. The molecule has 0 aliphatic carbocycles. The Labute approximate surface area is 188 Å². The van der Waals surface area contributed by atoms with E-state index < -0.39 is 5.60 Å². The third-order valence-corrected chi connectivity index (χ3v) is 2.72. The van der Waals surface area contributed by atoms with Crippen LogP contribution in [0.4, 0.5) is 0 Å². The summed E-state index contributed by atoms with van der Waals surface area (Å²) in [6, 6.07) is 9.59. The van der Waals surface area contributed by atoms with Crippen LogP contribution in [0.5, 0.6) is 0 Å². The zero-order valence-corrected chi connectivity index (χ0v) is 20.3. The van der Waals surface area contributed by atoms with Gasteiger partial charge in [0.2, 0.25) is 0 Å². The molecule has 0 saturated carbocycles. The predicted octanol–water partition coefficient (Wildman–Crippen LogP) is 3.12. The fraction of sp³-hybridized carbons (Fsp3) is 0.762. The van der Waals surface area contributed by atoms with Crippen LogP contribution in [0, 0.1) is 56.7 Å². The second-order valence-corrected chi connectivity index (χ2v) is 5.73. The van der Waals surface area contributed by atoms with Crippen LogP contribution in [-0.4, -0.2) is 66.6 Å². The molecule has 0 aliphatic rings. The molecule has 10 heteroatoms. The van der Waals surface area contributed by atoms with Gasteiger partial charge in [0.25, 0.3) is 0 Å². The van der Waals surface area contributed by atoms with Crippen molar-refractivity contribution in [2.75, 3.05) is 48.8 Å². The molecule has 0 amide bonds. The molecule has 31 heavy (non-hydrogen) atoms. The van der Waals surface area contributed by atoms with Crippen molar-refractivity contribution in [2.45, 2.75) is 58.3 Å². The van der Waals surface area contributed by atoms with E-state index in [2.05, 4.69) is 14.2 Å². The van der Waals surface area contributed by atoms with Gasteiger partial charge in [0.05, 0.1) is 55.9 Å². The molecule has 0 aromatic rings. The molecule has 10 nitrogen and oxygen atoms in total. The fourth-order valence-corrected chi connectivity index (χ4v) is 0.522. The maximum absolute atomic E-state index is 8.22. The number of hydrogen-bond acceptors (Lipinski definition) is 10. The van der Waals surface area contributed by atoms with Crippen LogP contribution >= 0.6 is 0 Å². The van der Waals surface area contributed by atoms with Gasteiger partial charge < -0.3 is 23.7 Å². The molecule has 0 spiro atoms. The molecule has 0 N–H and O–H groups in total. The number of nitriles is 5. The van der Waals surface area contributed by atoms with Crippen LogP contribution < -0.4 is 0 Å². The molecule has 176 valence electrons. The van der Waals surface area contributed by atoms with E-state index >= 15 is 0 Å². The second-order valence-electron chi connectivity index (χ2n) is 5.73. The second kappa shape index (κ2) is 34.7. The van der Waals surface area contributed by atoms with E-state index in [9.17, 15) is 0 Å². The molecule has 0 aliphatic heterocycles. The number of nitrogens with zero attached hydrogens (tertiary/aromatic N) is 5. The molecule has 0 saturated heterocycles. The van der Waals surface area contributed by atoms with Gasteiger partial charge in [0, 0.05) is 35.5 Å². The van der Waals surface area contributed by atoms with E-state index in [0.717, 1.165) is 0 Å². The minimum Gasteiger partial charge on any atom is -0.384 e. The highest BCUT2D eigenvalue weighted by Crippen LogP contribution is 2.02. The van der Waals surface area contributed by atoms with Crippen LogP contribution in [-0.2, 0) is 23.7 Å². The van der Waals surface area contributed by atoms with Crippen LogP contribution in [0.2, 0.25) is 0 Å². The number of rotatable bonds is 7. The molecule has 0 bridgehead atoms. The lowest BCUT2D eigenvalue weighted by Crippen LogP contribution is -2.18. The Morgan fingerprint density at radius 2 is 1.32 bits per heavy atom. The van der Waals surface area contributed by atoms with Gasteiger partial charge in [-0.2, -0.15) is 26.3 Å². The smallest absolute Gasteiger partial charge is 0.148 e. The molecule has 0 aromatic heterocycles. The van der Waals surface area contributed by atoms with Gasteiger partial charge in [-0.1, -0.05) is 0 Å². The van der Waals surface area contributed by atoms with Gasteiger partial charge in [-0.05, 0) is 27.7 Å². The first-order valence-corrected chi connectivity index (χ1v) is 9.07. The van der Waals surface area contributed by atoms with Crippen LogP contribution in [0.3, 0.4) is 0 Å². The number of hydrogen-bond donors (Lipinski definition) is 0. The van der Waals surface area contributed by atoms with E-state index in [0.29, 0.717) is 19.4 Å². The molecule has 0 heterocycles. The minimum atomic E-state index is -0.611. The first-order chi connectivity index (χ1) is 14.6. The van der Waals surface area contributed by atoms with Crippen molar-refractivity contribution in [1.29, 1.82) is 26.3 Å². The Kier molecular flexibility index (Phi) is 43.5. The third-order valence-electron chi connectivity index (χ3n) is 2.72. The molecule has 0 fully saturated rings. The first-order valence-electron chi connectivity index (χ1n) is 9.07. The molecule has 0 aromatic carbocycles. The Hall–Kier alpha value is -2.75. The van der Waals surface area contributed by atoms with Gasteiger partial charge in [-0.25, -0.2) is 0 Å². The summed E-state index contributed by atoms with van der Waals surface area (Å²) in [5, 5.41) is 39.8. The van der Waals surface area contributed by atoms with E-state index in [4.69, 9.17) is 35.8 Å². The van der Waals surface area contributed by atoms with Gasteiger partial charge in [0.15, 0.2) is 0 Å². The average Bonchev–Trinajstić information content (AvgIpc) is 2.79. The normalized spacial score (nSPS) is 10.2. The summed E-state index contributed by atoms with van der Waals surface area (Å²) in [5.41, 5.74) is -0.611. The largest absolute Gasteiger partial charge is 0.384 e. The van der Waals surface area contributed by atoms with Crippen LogP contribution in [0.1, 0.15) is 40.5 Å². The summed E-state index contributed by atoms with van der Waals surface area (Å²) in [6.07, 6.45) is 0.808. The standard InChI is InChI=1S/2C5H9NO.2C4H7NO.C3H5NO/c1-5(2,4-6)7-3;1-5(7-2)3-4-6;1-4(3-5)6-2;1-6-4-2-3-5;1-5-3-2-4/h1-3H3;5H,3H2,1-2H3;4H,1-2H3;2,4H2,1H3;3H2,1H3. The predicted molar refractivity (Wildman–Crippen MR) is 115 cm³/mol. The summed E-state index contributed by atoms with van der Waals surface area (Å²) in [7, 11) is 7.69. The number of ether oxygens (including phenoxy) is 5. The van der Waals surface area contributed by atoms with E-state index in [1.165, 1.54) is 21.3 Å². The van der Waals surface area contributed by atoms with Crippen molar-refractivity contribution < 1.29 is 23.7 Å². The van der Waals surface area contributed by atoms with Gasteiger partial charge in [-0.15, -0.1) is 0 Å². The topological polar surface area (TPSA) is 165 Å². The Balaban J connectivity index is -0.0000000913. The highest BCUT2D eigenvalue weighted by molar-refractivity contribution is 4.93. The maximum atomic E-state index is 8.22. The van der Waals surface area contributed by atoms with Crippen molar-refractivity contribution >= 4 is 0 Å². The van der Waals surface area contributed by atoms with Crippen LogP contribution in [0.25, 0.3) is 0 Å². The van der Waals surface area contributed by atoms with Crippen molar-refractivity contribution in [2.24, 2.45) is 0 Å². The molecular formula is C21H37N5O5. The molecular weight excluding hydrogens is 402 g/mol. The monoisotopic (exact) mass is 439 g/mol. The zero-order valence-electron chi connectivity index (χ0n) is 20.3. The summed E-state index contributed by atoms with van der Waals surface area (Å²) in [4.78, 5) is 0. The third kappa shape index (κ3) is 58.4. The van der Waals surface area contributed by atoms with E-state index in [1.54, 1.807) is 41.1 Å². The van der Waals surface area contributed by atoms with Crippen molar-refractivity contribution in [3.63, 3.8) is 0 Å². The number of methoxy groups -OCH3 is 5. The van der Waals surface area contributed by atoms with Crippen molar-refractivity contribution in [3.05, 3.63) is 0 Å². The maximum Gasteiger partial charge on any atom is 0.148 e. The van der Waals surface area contributed by atoms with E-state index in [1.807, 2.05) is 31.2 Å². The highest BCUT2D eigenvalue weighted by Gasteiger charge is 2.12. The molecule has 0 radical (unpaired) electrons. The van der Waals surface area contributed by atoms with Gasteiger partial charge in [0.1, 0.15) is 18.3 Å². The van der Waals surface area contributed by atoms with Gasteiger partial charge >= 0.3 is 0 Å². The van der Waals surface area contributed by atoms with Gasteiger partial charge in [-0.3, -0.25) is 0 Å². The quantitative estimate of drug-likeness (QED) is 0.538. The molecule has 2 unspecified atom stereocenters. The summed E-state index contributed by atoms with van der Waals surface area (Å²) in [6.45, 7) is 7.74. The highest BCUT2D eigenvalue weighted by atomic mass is 16.5. The molecule has 0 rings (SSSR count). The Morgan fingerprint density at radius 1 is 0.774 bits per heavy atom. The van der Waals surface area contributed by atoms with Crippen LogP contribution in [0.15, 0.2) is 0 Å². The first kappa shape index (κ1) is 38.8. The lowest BCUT2D eigenvalue weighted by atomic mass is 10.2. The lowest BCUT2D eigenvalue weighted by Gasteiger charge is -2.10. The summed E-state index contributed by atoms with van der Waals surface area (Å²) >= 11 is 0. The lowest BCUT2D eigenvalue weighted by molar-refractivity contribution is 0.0723. The Morgan fingerprint density at radius 3 is 1.39 bits per heavy atom. The average molecular weight is 440 g/mol. The van der Waals surface area contributed by atoms with Crippen molar-refractivity contribution in [1.82, 2.24) is 0 Å². The SMILES string of the molecule is COC(C)(C)C#N.COC(C)C#N.COC(C)CC#N.COCC#N.COCCC#N. The molecule has 2 atom stereocenters. The van der Waals surface area contributed by atoms with E-state index in [-0.39, 0.29) is 18.8 Å². The Bertz CT molecular complexity index is 565. The zero-order chi connectivity index (χ0) is 25.6. The summed E-state index contributed by atoms with van der Waals surface area (Å²) < 4.78 is 22.9.